The molecule has 1 rings (SSSR count). The summed E-state index contributed by atoms with van der Waals surface area (Å²) in [5, 5.41) is 3.35. The number of nitrogens with one attached hydrogen (secondary N) is 1. The van der Waals surface area contributed by atoms with Crippen molar-refractivity contribution in [2.45, 2.75) is 26.9 Å². The highest BCUT2D eigenvalue weighted by atomic mass is 16.5. The van der Waals surface area contributed by atoms with E-state index in [1.807, 2.05) is 6.07 Å². The fourth-order valence-electron chi connectivity index (χ4n) is 1.52. The molecule has 0 aliphatic rings. The third-order valence-electron chi connectivity index (χ3n) is 2.38. The van der Waals surface area contributed by atoms with E-state index >= 15 is 0 Å². The van der Waals surface area contributed by atoms with E-state index in [0.717, 1.165) is 19.7 Å². The monoisotopic (exact) mass is 221 g/mol. The van der Waals surface area contributed by atoms with Crippen LogP contribution in [0.5, 0.6) is 0 Å². The van der Waals surface area contributed by atoms with Crippen molar-refractivity contribution in [1.82, 2.24) is 5.32 Å². The van der Waals surface area contributed by atoms with E-state index in [1.54, 1.807) is 0 Å². The van der Waals surface area contributed by atoms with Crippen LogP contribution < -0.4 is 5.32 Å². The Bertz CT molecular complexity index is 271. The second kappa shape index (κ2) is 7.42. The Labute approximate surface area is 99.0 Å². The fraction of sp³-hybridized carbons (Fsp3) is 0.571. The van der Waals surface area contributed by atoms with Crippen molar-refractivity contribution in [3.05, 3.63) is 35.9 Å². The van der Waals surface area contributed by atoms with Gasteiger partial charge in [0.2, 0.25) is 0 Å². The molecule has 2 nitrogen and oxygen atoms in total. The SMILES string of the molecule is CCNCC(OCC(C)C)c1ccccc1. The average Bonchev–Trinajstić information content (AvgIpc) is 2.30. The number of benzene rings is 1. The molecule has 0 aliphatic heterocycles. The van der Waals surface area contributed by atoms with Crippen molar-refractivity contribution in [3.63, 3.8) is 0 Å². The van der Waals surface area contributed by atoms with Crippen molar-refractivity contribution in [1.29, 1.82) is 0 Å². The van der Waals surface area contributed by atoms with Crippen molar-refractivity contribution >= 4 is 0 Å². The van der Waals surface area contributed by atoms with Gasteiger partial charge in [-0.1, -0.05) is 51.1 Å². The number of likely N-dealkylation sites (N-methyl/N-ethyl adjacent to an activating group) is 1. The van der Waals surface area contributed by atoms with Crippen LogP contribution in [0.2, 0.25) is 0 Å². The summed E-state index contributed by atoms with van der Waals surface area (Å²) in [7, 11) is 0. The van der Waals surface area contributed by atoms with Gasteiger partial charge < -0.3 is 10.1 Å². The number of hydrogen-bond donors (Lipinski definition) is 1. The van der Waals surface area contributed by atoms with Gasteiger partial charge in [-0.2, -0.15) is 0 Å². The molecule has 90 valence electrons. The lowest BCUT2D eigenvalue weighted by atomic mass is 10.1. The second-order valence-corrected chi connectivity index (χ2v) is 4.43. The third-order valence-corrected chi connectivity index (χ3v) is 2.38. The summed E-state index contributed by atoms with van der Waals surface area (Å²) < 4.78 is 5.93. The average molecular weight is 221 g/mol. The van der Waals surface area contributed by atoms with Crippen molar-refractivity contribution in [2.75, 3.05) is 19.7 Å². The largest absolute Gasteiger partial charge is 0.372 e. The predicted molar refractivity (Wildman–Crippen MR) is 68.5 cm³/mol. The van der Waals surface area contributed by atoms with E-state index in [0.29, 0.717) is 5.92 Å². The zero-order valence-electron chi connectivity index (χ0n) is 10.6. The Balaban J connectivity index is 2.56. The first-order chi connectivity index (χ1) is 7.74. The first-order valence-corrected chi connectivity index (χ1v) is 6.11. The number of rotatable bonds is 7. The van der Waals surface area contributed by atoms with E-state index in [9.17, 15) is 0 Å². The van der Waals surface area contributed by atoms with Crippen LogP contribution >= 0.6 is 0 Å². The summed E-state index contributed by atoms with van der Waals surface area (Å²) in [5.41, 5.74) is 1.25. The molecule has 0 bridgehead atoms. The molecule has 1 unspecified atom stereocenters. The Kier molecular flexibility index (Phi) is 6.12. The van der Waals surface area contributed by atoms with Crippen LogP contribution in [-0.2, 0) is 4.74 Å². The van der Waals surface area contributed by atoms with Crippen LogP contribution in [0.15, 0.2) is 30.3 Å². The first-order valence-electron chi connectivity index (χ1n) is 6.11. The summed E-state index contributed by atoms with van der Waals surface area (Å²) in [6.07, 6.45) is 0.170. The molecule has 0 heterocycles. The molecule has 0 fully saturated rings. The van der Waals surface area contributed by atoms with Gasteiger partial charge in [0.05, 0.1) is 6.10 Å². The zero-order valence-corrected chi connectivity index (χ0v) is 10.6. The molecule has 1 aromatic carbocycles. The lowest BCUT2D eigenvalue weighted by molar-refractivity contribution is 0.0355. The van der Waals surface area contributed by atoms with Crippen molar-refractivity contribution < 1.29 is 4.74 Å². The first kappa shape index (κ1) is 13.2. The normalized spacial score (nSPS) is 13.0. The molecule has 1 aromatic rings. The van der Waals surface area contributed by atoms with Crippen LogP contribution in [0.25, 0.3) is 0 Å². The molecule has 0 saturated heterocycles. The fourth-order valence-corrected chi connectivity index (χ4v) is 1.52. The molecule has 0 aliphatic carbocycles. The van der Waals surface area contributed by atoms with Crippen LogP contribution in [0.3, 0.4) is 0 Å². The van der Waals surface area contributed by atoms with Crippen LogP contribution in [0, 0.1) is 5.92 Å². The summed E-state index contributed by atoms with van der Waals surface area (Å²) in [6.45, 7) is 9.14. The summed E-state index contributed by atoms with van der Waals surface area (Å²) in [6, 6.07) is 10.4. The molecular weight excluding hydrogens is 198 g/mol. The molecule has 1 N–H and O–H groups in total. The molecule has 0 radical (unpaired) electrons. The van der Waals surface area contributed by atoms with Crippen molar-refractivity contribution in [3.8, 4) is 0 Å². The molecule has 0 aromatic heterocycles. The maximum atomic E-state index is 5.93. The minimum atomic E-state index is 0.170. The Hall–Kier alpha value is -0.860. The molecule has 0 saturated carbocycles. The molecule has 16 heavy (non-hydrogen) atoms. The topological polar surface area (TPSA) is 21.3 Å². The highest BCUT2D eigenvalue weighted by molar-refractivity contribution is 5.17. The second-order valence-electron chi connectivity index (χ2n) is 4.43. The number of hydrogen-bond acceptors (Lipinski definition) is 2. The lowest BCUT2D eigenvalue weighted by Crippen LogP contribution is -2.24. The molecular formula is C14H23NO. The molecule has 0 spiro atoms. The summed E-state index contributed by atoms with van der Waals surface area (Å²) in [5.74, 6) is 0.577. The van der Waals surface area contributed by atoms with Crippen molar-refractivity contribution in [2.24, 2.45) is 5.92 Å². The van der Waals surface area contributed by atoms with Gasteiger partial charge in [-0.15, -0.1) is 0 Å². The Morgan fingerprint density at radius 2 is 1.88 bits per heavy atom. The molecule has 1 atom stereocenters. The van der Waals surface area contributed by atoms with Gasteiger partial charge in [-0.3, -0.25) is 0 Å². The summed E-state index contributed by atoms with van der Waals surface area (Å²) >= 11 is 0. The minimum Gasteiger partial charge on any atom is -0.372 e. The molecule has 0 amide bonds. The maximum Gasteiger partial charge on any atom is 0.0949 e. The van der Waals surface area contributed by atoms with Gasteiger partial charge in [-0.05, 0) is 18.0 Å². The Morgan fingerprint density at radius 3 is 2.44 bits per heavy atom. The van der Waals surface area contributed by atoms with E-state index in [-0.39, 0.29) is 6.10 Å². The summed E-state index contributed by atoms with van der Waals surface area (Å²) in [4.78, 5) is 0. The molecule has 2 heteroatoms. The highest BCUT2D eigenvalue weighted by Crippen LogP contribution is 2.17. The van der Waals surface area contributed by atoms with Crippen LogP contribution in [0.4, 0.5) is 0 Å². The maximum absolute atomic E-state index is 5.93. The van der Waals surface area contributed by atoms with Gasteiger partial charge in [0.1, 0.15) is 0 Å². The van der Waals surface area contributed by atoms with E-state index in [4.69, 9.17) is 4.74 Å². The smallest absolute Gasteiger partial charge is 0.0949 e. The van der Waals surface area contributed by atoms with Gasteiger partial charge in [-0.25, -0.2) is 0 Å². The minimum absolute atomic E-state index is 0.170. The van der Waals surface area contributed by atoms with Crippen LogP contribution in [-0.4, -0.2) is 19.7 Å². The lowest BCUT2D eigenvalue weighted by Gasteiger charge is -2.20. The highest BCUT2D eigenvalue weighted by Gasteiger charge is 2.11. The van der Waals surface area contributed by atoms with Crippen LogP contribution in [0.1, 0.15) is 32.4 Å². The van der Waals surface area contributed by atoms with Gasteiger partial charge in [0.15, 0.2) is 0 Å². The number of ether oxygens (including phenoxy) is 1. The predicted octanol–water partition coefficient (Wildman–Crippen LogP) is 3.01. The van der Waals surface area contributed by atoms with Gasteiger partial charge >= 0.3 is 0 Å². The quantitative estimate of drug-likeness (QED) is 0.764. The van der Waals surface area contributed by atoms with Gasteiger partial charge in [0.25, 0.3) is 0 Å². The van der Waals surface area contributed by atoms with Gasteiger partial charge in [0, 0.05) is 13.2 Å². The standard InChI is InChI=1S/C14H23NO/c1-4-15-10-14(16-11-12(2)3)13-8-6-5-7-9-13/h5-9,12,14-15H,4,10-11H2,1-3H3. The van der Waals surface area contributed by atoms with E-state index < -0.39 is 0 Å². The zero-order chi connectivity index (χ0) is 11.8. The third kappa shape index (κ3) is 4.77. The van der Waals surface area contributed by atoms with E-state index in [1.165, 1.54) is 5.56 Å². The Morgan fingerprint density at radius 1 is 1.19 bits per heavy atom. The van der Waals surface area contributed by atoms with E-state index in [2.05, 4.69) is 50.4 Å².